The number of halogens is 2. The average Bonchev–Trinajstić information content (AvgIpc) is 2.84. The van der Waals surface area contributed by atoms with E-state index in [0.717, 1.165) is 10.9 Å². The van der Waals surface area contributed by atoms with Gasteiger partial charge in [0.05, 0.1) is 11.0 Å². The maximum atomic E-state index is 12.7. The first-order chi connectivity index (χ1) is 9.40. The van der Waals surface area contributed by atoms with Gasteiger partial charge in [0.25, 0.3) is 6.43 Å². The van der Waals surface area contributed by atoms with Crippen LogP contribution in [-0.4, -0.2) is 43.9 Å². The van der Waals surface area contributed by atoms with E-state index in [1.165, 1.54) is 4.90 Å². The molecule has 1 aromatic rings. The van der Waals surface area contributed by atoms with Crippen molar-refractivity contribution in [2.24, 2.45) is 0 Å². The molecule has 1 aliphatic rings. The Labute approximate surface area is 111 Å². The van der Waals surface area contributed by atoms with Crippen LogP contribution < -0.4 is 0 Å². The molecule has 0 radical (unpaired) electrons. The summed E-state index contributed by atoms with van der Waals surface area (Å²) in [6, 6.07) is -0.309. The van der Waals surface area contributed by atoms with Crippen LogP contribution in [-0.2, 0) is 0 Å². The fourth-order valence-corrected chi connectivity index (χ4v) is 2.20. The van der Waals surface area contributed by atoms with Crippen LogP contribution in [0.1, 0.15) is 31.0 Å². The molecule has 10 heteroatoms. The van der Waals surface area contributed by atoms with Crippen molar-refractivity contribution in [2.45, 2.75) is 25.3 Å². The van der Waals surface area contributed by atoms with Crippen LogP contribution in [0.25, 0.3) is 0 Å². The molecule has 0 spiro atoms. The number of alkyl halides is 2. The summed E-state index contributed by atoms with van der Waals surface area (Å²) in [6.07, 6.45) is -2.30. The van der Waals surface area contributed by atoms with E-state index in [2.05, 4.69) is 5.10 Å². The minimum atomic E-state index is -3.02. The second-order valence-electron chi connectivity index (χ2n) is 4.44. The zero-order valence-electron chi connectivity index (χ0n) is 10.3. The Morgan fingerprint density at radius 1 is 1.50 bits per heavy atom. The number of rotatable bonds is 3. The van der Waals surface area contributed by atoms with Crippen molar-refractivity contribution in [3.05, 3.63) is 22.0 Å². The number of likely N-dealkylation sites (tertiary alicyclic amines) is 1. The molecule has 110 valence electrons. The summed E-state index contributed by atoms with van der Waals surface area (Å²) in [5.74, 6) is 0. The van der Waals surface area contributed by atoms with Gasteiger partial charge in [0, 0.05) is 13.1 Å². The third kappa shape index (κ3) is 2.68. The minimum absolute atomic E-state index is 0.248. The third-order valence-electron chi connectivity index (χ3n) is 3.25. The first-order valence-corrected chi connectivity index (χ1v) is 5.89. The fraction of sp³-hybridized carbons (Fsp3) is 0.600. The molecule has 0 aliphatic carbocycles. The van der Waals surface area contributed by atoms with E-state index >= 15 is 0 Å². The number of hydrogen-bond acceptors (Lipinski definition) is 4. The number of aromatic nitrogens is 2. The van der Waals surface area contributed by atoms with E-state index in [1.807, 2.05) is 0 Å². The lowest BCUT2D eigenvalue weighted by Crippen LogP contribution is -2.38. The van der Waals surface area contributed by atoms with Crippen LogP contribution >= 0.6 is 0 Å². The van der Waals surface area contributed by atoms with Crippen molar-refractivity contribution in [3.63, 3.8) is 0 Å². The predicted molar refractivity (Wildman–Crippen MR) is 61.7 cm³/mol. The SMILES string of the molecule is O=C(O)N1CCC(n2cc([N+](=O)[O-])c(C(F)F)n2)CC1. The first-order valence-electron chi connectivity index (χ1n) is 5.89. The van der Waals surface area contributed by atoms with E-state index in [4.69, 9.17) is 5.11 Å². The van der Waals surface area contributed by atoms with Crippen LogP contribution in [0, 0.1) is 10.1 Å². The number of carbonyl (C=O) groups is 1. The Bertz CT molecular complexity index is 525. The number of carboxylic acid groups (broad SMARTS) is 1. The van der Waals surface area contributed by atoms with Gasteiger partial charge >= 0.3 is 11.8 Å². The third-order valence-corrected chi connectivity index (χ3v) is 3.25. The van der Waals surface area contributed by atoms with Gasteiger partial charge in [0.2, 0.25) is 5.69 Å². The first kappa shape index (κ1) is 14.2. The van der Waals surface area contributed by atoms with Gasteiger partial charge < -0.3 is 10.0 Å². The summed E-state index contributed by atoms with van der Waals surface area (Å²) in [6.45, 7) is 0.495. The molecular formula is C10H12F2N4O4. The fourth-order valence-electron chi connectivity index (χ4n) is 2.20. The van der Waals surface area contributed by atoms with E-state index in [0.29, 0.717) is 12.8 Å². The lowest BCUT2D eigenvalue weighted by molar-refractivity contribution is -0.386. The highest BCUT2D eigenvalue weighted by atomic mass is 19.3. The summed E-state index contributed by atoms with van der Waals surface area (Å²) in [7, 11) is 0. The minimum Gasteiger partial charge on any atom is -0.465 e. The molecule has 1 aliphatic heterocycles. The van der Waals surface area contributed by atoms with Crippen molar-refractivity contribution in [3.8, 4) is 0 Å². The van der Waals surface area contributed by atoms with Crippen molar-refractivity contribution in [1.82, 2.24) is 14.7 Å². The standard InChI is InChI=1S/C10H12F2N4O4/c11-9(12)8-7(16(19)20)5-15(13-8)6-1-3-14(4-2-6)10(17)18/h5-6,9H,1-4H2,(H,17,18). The maximum Gasteiger partial charge on any atom is 0.407 e. The quantitative estimate of drug-likeness (QED) is 0.678. The lowest BCUT2D eigenvalue weighted by atomic mass is 10.1. The number of nitro groups is 1. The topological polar surface area (TPSA) is 102 Å². The molecule has 20 heavy (non-hydrogen) atoms. The zero-order valence-corrected chi connectivity index (χ0v) is 10.3. The van der Waals surface area contributed by atoms with Crippen LogP contribution in [0.3, 0.4) is 0 Å². The highest BCUT2D eigenvalue weighted by molar-refractivity contribution is 5.65. The van der Waals surface area contributed by atoms with E-state index in [9.17, 15) is 23.7 Å². The highest BCUT2D eigenvalue weighted by Crippen LogP contribution is 2.30. The van der Waals surface area contributed by atoms with Gasteiger partial charge in [0.15, 0.2) is 0 Å². The van der Waals surface area contributed by atoms with Crippen LogP contribution in [0.2, 0.25) is 0 Å². The molecule has 8 nitrogen and oxygen atoms in total. The molecule has 1 N–H and O–H groups in total. The smallest absolute Gasteiger partial charge is 0.407 e. The van der Waals surface area contributed by atoms with Gasteiger partial charge in [-0.25, -0.2) is 13.6 Å². The van der Waals surface area contributed by atoms with Gasteiger partial charge in [-0.1, -0.05) is 0 Å². The molecule has 1 saturated heterocycles. The molecule has 1 fully saturated rings. The molecule has 1 aromatic heterocycles. The normalized spacial score (nSPS) is 16.6. The monoisotopic (exact) mass is 290 g/mol. The lowest BCUT2D eigenvalue weighted by Gasteiger charge is -2.29. The number of piperidine rings is 1. The molecule has 2 rings (SSSR count). The van der Waals surface area contributed by atoms with E-state index in [1.54, 1.807) is 0 Å². The molecule has 0 aromatic carbocycles. The van der Waals surface area contributed by atoms with Crippen molar-refractivity contribution >= 4 is 11.8 Å². The van der Waals surface area contributed by atoms with Crippen LogP contribution in [0.4, 0.5) is 19.3 Å². The van der Waals surface area contributed by atoms with Crippen LogP contribution in [0.15, 0.2) is 6.20 Å². The molecule has 0 unspecified atom stereocenters. The summed E-state index contributed by atoms with van der Waals surface area (Å²) in [4.78, 5) is 21.8. The largest absolute Gasteiger partial charge is 0.465 e. The number of nitrogens with zero attached hydrogens (tertiary/aromatic N) is 4. The maximum absolute atomic E-state index is 12.7. The van der Waals surface area contributed by atoms with Gasteiger partial charge in [0.1, 0.15) is 6.20 Å². The Morgan fingerprint density at radius 3 is 2.50 bits per heavy atom. The van der Waals surface area contributed by atoms with Crippen molar-refractivity contribution < 1.29 is 23.6 Å². The Kier molecular flexibility index (Phi) is 3.81. The molecular weight excluding hydrogens is 278 g/mol. The summed E-state index contributed by atoms with van der Waals surface area (Å²) >= 11 is 0. The van der Waals surface area contributed by atoms with Gasteiger partial charge in [-0.2, -0.15) is 5.10 Å². The second-order valence-corrected chi connectivity index (χ2v) is 4.44. The highest BCUT2D eigenvalue weighted by Gasteiger charge is 2.30. The van der Waals surface area contributed by atoms with Crippen LogP contribution in [0.5, 0.6) is 0 Å². The van der Waals surface area contributed by atoms with Gasteiger partial charge in [-0.15, -0.1) is 0 Å². The Morgan fingerprint density at radius 2 is 2.10 bits per heavy atom. The van der Waals surface area contributed by atoms with Gasteiger partial charge in [-0.3, -0.25) is 14.8 Å². The molecule has 0 saturated carbocycles. The molecule has 2 heterocycles. The summed E-state index contributed by atoms with van der Waals surface area (Å²) in [5, 5.41) is 23.1. The summed E-state index contributed by atoms with van der Waals surface area (Å²) < 4.78 is 26.5. The summed E-state index contributed by atoms with van der Waals surface area (Å²) in [5.41, 5.74) is -1.56. The van der Waals surface area contributed by atoms with Crippen molar-refractivity contribution in [2.75, 3.05) is 13.1 Å². The van der Waals surface area contributed by atoms with E-state index in [-0.39, 0.29) is 19.1 Å². The predicted octanol–water partition coefficient (Wildman–Crippen LogP) is 2.04. The zero-order chi connectivity index (χ0) is 14.9. The average molecular weight is 290 g/mol. The molecule has 0 atom stereocenters. The van der Waals surface area contributed by atoms with E-state index < -0.39 is 28.8 Å². The molecule has 0 bridgehead atoms. The van der Waals surface area contributed by atoms with Gasteiger partial charge in [-0.05, 0) is 12.8 Å². The molecule has 1 amide bonds. The Balaban J connectivity index is 2.16. The number of amides is 1. The van der Waals surface area contributed by atoms with Crippen molar-refractivity contribution in [1.29, 1.82) is 0 Å². The second kappa shape index (κ2) is 5.39. The Hall–Kier alpha value is -2.26. The number of hydrogen-bond donors (Lipinski definition) is 1.